The van der Waals surface area contributed by atoms with Gasteiger partial charge in [0.1, 0.15) is 36.9 Å². The molecule has 0 aliphatic carbocycles. The number of aliphatic hydroxyl groups excluding tert-OH is 3. The summed E-state index contributed by atoms with van der Waals surface area (Å²) >= 11 is 7.87. The lowest BCUT2D eigenvalue weighted by Crippen LogP contribution is -2.25. The number of rotatable bonds is 12. The Morgan fingerprint density at radius 2 is 1.69 bits per heavy atom. The lowest BCUT2D eigenvalue weighted by molar-refractivity contribution is 0.0866. The van der Waals surface area contributed by atoms with Gasteiger partial charge in [0, 0.05) is 5.41 Å². The second kappa shape index (κ2) is 12.4. The fourth-order valence-electron chi connectivity index (χ4n) is 3.58. The van der Waals surface area contributed by atoms with Gasteiger partial charge in [-0.15, -0.1) is 16.7 Å². The Hall–Kier alpha value is -1.92. The van der Waals surface area contributed by atoms with Gasteiger partial charge < -0.3 is 24.8 Å². The van der Waals surface area contributed by atoms with Gasteiger partial charge in [-0.3, -0.25) is 0 Å². The first-order valence-corrected chi connectivity index (χ1v) is 12.8. The zero-order valence-corrected chi connectivity index (χ0v) is 22.9. The molecule has 3 rings (SSSR count). The number of aliphatic hydroxyl groups is 3. The molecule has 1 aromatic heterocycles. The van der Waals surface area contributed by atoms with E-state index in [0.717, 1.165) is 14.7 Å². The van der Waals surface area contributed by atoms with E-state index in [9.17, 15) is 15.3 Å². The molecule has 0 unspecified atom stereocenters. The molecule has 1 heterocycles. The van der Waals surface area contributed by atoms with Crippen LogP contribution >= 0.6 is 34.2 Å². The van der Waals surface area contributed by atoms with Gasteiger partial charge in [-0.2, -0.15) is 0 Å². The predicted molar refractivity (Wildman–Crippen MR) is 142 cm³/mol. The third kappa shape index (κ3) is 7.07. The monoisotopic (exact) mass is 615 g/mol. The number of aromatic nitrogens is 3. The first kappa shape index (κ1) is 27.7. The van der Waals surface area contributed by atoms with Gasteiger partial charge in [0.25, 0.3) is 0 Å². The number of alkyl halides is 1. The van der Waals surface area contributed by atoms with E-state index >= 15 is 0 Å². The smallest absolute Gasteiger partial charge is 0.132 e. The normalized spacial score (nSPS) is 13.5. The molecule has 2 aromatic carbocycles. The molecule has 35 heavy (non-hydrogen) atoms. The zero-order chi connectivity index (χ0) is 25.6. The molecule has 10 heteroatoms. The molecule has 0 spiro atoms. The van der Waals surface area contributed by atoms with Crippen LogP contribution in [-0.2, 0) is 18.6 Å². The van der Waals surface area contributed by atoms with Crippen molar-refractivity contribution in [3.63, 3.8) is 0 Å². The average Bonchev–Trinajstić information content (AvgIpc) is 3.20. The Bertz CT molecular complexity index is 1110. The molecule has 0 radical (unpaired) electrons. The molecule has 0 saturated heterocycles. The van der Waals surface area contributed by atoms with Crippen LogP contribution in [0.25, 0.3) is 0 Å². The van der Waals surface area contributed by atoms with Gasteiger partial charge in [0.05, 0.1) is 34.0 Å². The van der Waals surface area contributed by atoms with E-state index < -0.39 is 12.2 Å². The number of nitrogens with zero attached hydrogens (tertiary/aromatic N) is 3. The van der Waals surface area contributed by atoms with Crippen molar-refractivity contribution in [1.29, 1.82) is 0 Å². The molecule has 0 aliphatic heterocycles. The first-order chi connectivity index (χ1) is 16.6. The van der Waals surface area contributed by atoms with Crippen molar-refractivity contribution < 1.29 is 24.8 Å². The number of hydrogen-bond acceptors (Lipinski definition) is 7. The summed E-state index contributed by atoms with van der Waals surface area (Å²) in [5.41, 5.74) is 3.19. The maximum Gasteiger partial charge on any atom is 0.132 e. The van der Waals surface area contributed by atoms with Crippen molar-refractivity contribution in [2.45, 2.75) is 51.5 Å². The second-order valence-corrected chi connectivity index (χ2v) is 10.3. The van der Waals surface area contributed by atoms with Crippen LogP contribution in [0, 0.1) is 10.5 Å². The summed E-state index contributed by atoms with van der Waals surface area (Å²) in [5.74, 6) is 1.49. The minimum Gasteiger partial charge on any atom is -0.491 e. The Morgan fingerprint density at radius 3 is 2.31 bits per heavy atom. The largest absolute Gasteiger partial charge is 0.491 e. The van der Waals surface area contributed by atoms with Crippen LogP contribution in [0.4, 0.5) is 0 Å². The highest BCUT2D eigenvalue weighted by Gasteiger charge is 2.24. The van der Waals surface area contributed by atoms with Crippen LogP contribution in [0.3, 0.4) is 0 Å². The standard InChI is InChI=1S/C25H31ClIN3O5/c1-16-23(13-31)30(29-28-16)12-20(33)15-34-21-7-4-17(5-8-21)25(2,3)18-6-9-24(22(27)10-18)35-14-19(32)11-26/h4-10,19-20,31-33H,11-15H2,1-3H3/t19-,20-/m1/s1. The van der Waals surface area contributed by atoms with E-state index in [0.29, 0.717) is 22.9 Å². The van der Waals surface area contributed by atoms with Gasteiger partial charge in [0.15, 0.2) is 0 Å². The van der Waals surface area contributed by atoms with Crippen molar-refractivity contribution in [1.82, 2.24) is 15.0 Å². The second-order valence-electron chi connectivity index (χ2n) is 8.84. The molecule has 3 N–H and O–H groups in total. The van der Waals surface area contributed by atoms with E-state index in [1.165, 1.54) is 4.68 Å². The highest BCUT2D eigenvalue weighted by Crippen LogP contribution is 2.35. The first-order valence-electron chi connectivity index (χ1n) is 11.2. The summed E-state index contributed by atoms with van der Waals surface area (Å²) in [5, 5.41) is 37.3. The van der Waals surface area contributed by atoms with Gasteiger partial charge >= 0.3 is 0 Å². The van der Waals surface area contributed by atoms with E-state index in [-0.39, 0.29) is 37.7 Å². The molecule has 0 bridgehead atoms. The van der Waals surface area contributed by atoms with Crippen molar-refractivity contribution in [2.24, 2.45) is 0 Å². The quantitative estimate of drug-likeness (QED) is 0.212. The Morgan fingerprint density at radius 1 is 1.03 bits per heavy atom. The molecule has 0 aliphatic rings. The molecular weight excluding hydrogens is 585 g/mol. The van der Waals surface area contributed by atoms with Crippen molar-refractivity contribution in [3.8, 4) is 11.5 Å². The summed E-state index contributed by atoms with van der Waals surface area (Å²) in [6.45, 7) is 6.30. The average molecular weight is 616 g/mol. The maximum atomic E-state index is 10.3. The SMILES string of the molecule is Cc1nnn(C[C@@H](O)COc2ccc(C(C)(C)c3ccc(OC[C@H](O)CCl)c(I)c3)cc2)c1CO. The minimum absolute atomic E-state index is 0.0879. The summed E-state index contributed by atoms with van der Waals surface area (Å²) < 4.78 is 13.9. The topological polar surface area (TPSA) is 110 Å². The van der Waals surface area contributed by atoms with Crippen molar-refractivity contribution in [2.75, 3.05) is 19.1 Å². The minimum atomic E-state index is -0.800. The number of benzene rings is 2. The lowest BCUT2D eigenvalue weighted by atomic mass is 9.78. The summed E-state index contributed by atoms with van der Waals surface area (Å²) in [6.07, 6.45) is -1.50. The Kier molecular flexibility index (Phi) is 9.77. The number of aryl methyl sites for hydroxylation is 1. The number of hydrogen-bond donors (Lipinski definition) is 3. The van der Waals surface area contributed by atoms with E-state index in [4.69, 9.17) is 21.1 Å². The fourth-order valence-corrected chi connectivity index (χ4v) is 4.34. The van der Waals surface area contributed by atoms with Crippen LogP contribution in [0.5, 0.6) is 11.5 Å². The summed E-state index contributed by atoms with van der Waals surface area (Å²) in [4.78, 5) is 0. The highest BCUT2D eigenvalue weighted by molar-refractivity contribution is 14.1. The molecule has 0 fully saturated rings. The molecule has 190 valence electrons. The van der Waals surface area contributed by atoms with Crippen molar-refractivity contribution in [3.05, 3.63) is 68.5 Å². The summed E-state index contributed by atoms with van der Waals surface area (Å²) in [6, 6.07) is 13.8. The van der Waals surface area contributed by atoms with E-state index in [1.807, 2.05) is 36.4 Å². The lowest BCUT2D eigenvalue weighted by Gasteiger charge is -2.27. The van der Waals surface area contributed by atoms with Gasteiger partial charge in [-0.25, -0.2) is 4.68 Å². The van der Waals surface area contributed by atoms with E-state index in [2.05, 4.69) is 52.8 Å². The third-order valence-corrected chi connectivity index (χ3v) is 7.05. The van der Waals surface area contributed by atoms with E-state index in [1.54, 1.807) is 6.92 Å². The maximum absolute atomic E-state index is 10.3. The molecule has 0 saturated carbocycles. The third-order valence-electron chi connectivity index (χ3n) is 5.85. The van der Waals surface area contributed by atoms with Crippen LogP contribution in [-0.4, -0.2) is 61.6 Å². The van der Waals surface area contributed by atoms with Gasteiger partial charge in [-0.1, -0.05) is 37.3 Å². The summed E-state index contributed by atoms with van der Waals surface area (Å²) in [7, 11) is 0. The Labute approximate surface area is 224 Å². The van der Waals surface area contributed by atoms with Crippen LogP contribution in [0.2, 0.25) is 0 Å². The van der Waals surface area contributed by atoms with Crippen LogP contribution in [0.15, 0.2) is 42.5 Å². The fraction of sp³-hybridized carbons (Fsp3) is 0.440. The molecule has 3 aromatic rings. The number of ether oxygens (including phenoxy) is 2. The van der Waals surface area contributed by atoms with Crippen molar-refractivity contribution >= 4 is 34.2 Å². The molecule has 2 atom stereocenters. The molecular formula is C25H31ClIN3O5. The zero-order valence-electron chi connectivity index (χ0n) is 20.0. The predicted octanol–water partition coefficient (Wildman–Crippen LogP) is 3.43. The molecule has 0 amide bonds. The van der Waals surface area contributed by atoms with Gasteiger partial charge in [-0.05, 0) is 64.9 Å². The van der Waals surface area contributed by atoms with Crippen LogP contribution in [0.1, 0.15) is 36.4 Å². The number of halogens is 2. The highest BCUT2D eigenvalue weighted by atomic mass is 127. The Balaban J connectivity index is 1.61. The van der Waals surface area contributed by atoms with Gasteiger partial charge in [0.2, 0.25) is 0 Å². The molecule has 8 nitrogen and oxygen atoms in total. The van der Waals surface area contributed by atoms with Crippen LogP contribution < -0.4 is 9.47 Å².